The van der Waals surface area contributed by atoms with Gasteiger partial charge in [-0.1, -0.05) is 0 Å². The lowest BCUT2D eigenvalue weighted by atomic mass is 10.1. The van der Waals surface area contributed by atoms with E-state index >= 15 is 0 Å². The molecule has 1 aromatic heterocycles. The Kier molecular flexibility index (Phi) is 8.09. The Labute approximate surface area is 166 Å². The smallest absolute Gasteiger partial charge is 0.326 e. The van der Waals surface area contributed by atoms with Crippen molar-refractivity contribution in [1.82, 2.24) is 31.2 Å². The third-order valence-electron chi connectivity index (χ3n) is 4.54. The third-order valence-corrected chi connectivity index (χ3v) is 4.54. The molecule has 29 heavy (non-hydrogen) atoms. The van der Waals surface area contributed by atoms with E-state index in [0.29, 0.717) is 18.7 Å². The number of carbonyl (C=O) groups is 4. The third kappa shape index (κ3) is 6.54. The molecule has 0 bridgehead atoms. The van der Waals surface area contributed by atoms with Gasteiger partial charge < -0.3 is 36.5 Å². The van der Waals surface area contributed by atoms with Crippen LogP contribution in [0.2, 0.25) is 0 Å². The summed E-state index contributed by atoms with van der Waals surface area (Å²) < 4.78 is 0. The van der Waals surface area contributed by atoms with Crippen LogP contribution >= 0.6 is 0 Å². The molecule has 0 aliphatic carbocycles. The van der Waals surface area contributed by atoms with E-state index in [1.54, 1.807) is 0 Å². The van der Waals surface area contributed by atoms with Crippen LogP contribution in [0, 0.1) is 0 Å². The summed E-state index contributed by atoms with van der Waals surface area (Å²) in [6.45, 7) is 1.43. The number of carbonyl (C=O) groups excluding carboxylic acids is 3. The first-order valence-corrected chi connectivity index (χ1v) is 9.27. The first-order valence-electron chi connectivity index (χ1n) is 9.27. The molecule has 7 N–H and O–H groups in total. The number of nitrogens with one attached hydrogen (secondary N) is 5. The number of H-pyrrole nitrogens is 1. The van der Waals surface area contributed by atoms with Gasteiger partial charge in [0.15, 0.2) is 0 Å². The molecule has 2 rings (SSSR count). The summed E-state index contributed by atoms with van der Waals surface area (Å²) in [5.74, 6) is -3.11. The average Bonchev–Trinajstić information content (AvgIpc) is 3.38. The summed E-state index contributed by atoms with van der Waals surface area (Å²) in [6, 6.07) is -3.94. The molecule has 3 amide bonds. The molecule has 4 unspecified atom stereocenters. The van der Waals surface area contributed by atoms with Crippen LogP contribution in [0.1, 0.15) is 25.5 Å². The molecule has 0 spiro atoms. The van der Waals surface area contributed by atoms with Gasteiger partial charge in [0.05, 0.1) is 19.0 Å². The van der Waals surface area contributed by atoms with E-state index in [1.807, 2.05) is 0 Å². The van der Waals surface area contributed by atoms with Gasteiger partial charge in [0.2, 0.25) is 17.7 Å². The summed E-state index contributed by atoms with van der Waals surface area (Å²) in [5, 5.41) is 28.8. The van der Waals surface area contributed by atoms with E-state index in [1.165, 1.54) is 19.4 Å². The number of aliphatic hydroxyl groups excluding tert-OH is 1. The van der Waals surface area contributed by atoms with E-state index in [0.717, 1.165) is 6.42 Å². The predicted molar refractivity (Wildman–Crippen MR) is 99.5 cm³/mol. The van der Waals surface area contributed by atoms with Crippen molar-refractivity contribution in [3.05, 3.63) is 18.2 Å². The molecule has 0 saturated carbocycles. The maximum absolute atomic E-state index is 12.3. The Hall–Kier alpha value is -2.99. The van der Waals surface area contributed by atoms with Crippen molar-refractivity contribution in [2.45, 2.75) is 50.4 Å². The van der Waals surface area contributed by atoms with E-state index in [2.05, 4.69) is 31.2 Å². The van der Waals surface area contributed by atoms with Crippen LogP contribution in [0.5, 0.6) is 0 Å². The molecule has 1 aliphatic heterocycles. The number of aliphatic hydroxyl groups is 1. The second kappa shape index (κ2) is 10.5. The molecule has 1 saturated heterocycles. The molecule has 0 radical (unpaired) electrons. The largest absolute Gasteiger partial charge is 0.480 e. The van der Waals surface area contributed by atoms with Crippen LogP contribution in [0.15, 0.2) is 12.5 Å². The minimum atomic E-state index is -1.24. The summed E-state index contributed by atoms with van der Waals surface area (Å²) in [7, 11) is 0. The maximum Gasteiger partial charge on any atom is 0.326 e. The molecule has 4 atom stereocenters. The highest BCUT2D eigenvalue weighted by atomic mass is 16.4. The highest BCUT2D eigenvalue weighted by Gasteiger charge is 2.29. The fraction of sp³-hybridized carbons (Fsp3) is 0.588. The molecule has 12 nitrogen and oxygen atoms in total. The van der Waals surface area contributed by atoms with Crippen LogP contribution < -0.4 is 21.3 Å². The van der Waals surface area contributed by atoms with Gasteiger partial charge in [0, 0.05) is 18.3 Å². The number of rotatable bonds is 10. The van der Waals surface area contributed by atoms with E-state index in [9.17, 15) is 29.4 Å². The van der Waals surface area contributed by atoms with Gasteiger partial charge in [-0.2, -0.15) is 0 Å². The van der Waals surface area contributed by atoms with E-state index in [4.69, 9.17) is 0 Å². The number of aliphatic carboxylic acids is 1. The maximum atomic E-state index is 12.3. The lowest BCUT2D eigenvalue weighted by Gasteiger charge is -2.22. The van der Waals surface area contributed by atoms with Crippen LogP contribution in [0.4, 0.5) is 0 Å². The van der Waals surface area contributed by atoms with Crippen molar-refractivity contribution in [1.29, 1.82) is 0 Å². The van der Waals surface area contributed by atoms with Crippen LogP contribution in [0.3, 0.4) is 0 Å². The minimum Gasteiger partial charge on any atom is -0.480 e. The Morgan fingerprint density at radius 3 is 2.52 bits per heavy atom. The second-order valence-corrected chi connectivity index (χ2v) is 6.80. The Bertz CT molecular complexity index is 718. The lowest BCUT2D eigenvalue weighted by Crippen LogP contribution is -2.57. The van der Waals surface area contributed by atoms with Crippen LogP contribution in [0.25, 0.3) is 0 Å². The van der Waals surface area contributed by atoms with Gasteiger partial charge in [-0.3, -0.25) is 14.4 Å². The fourth-order valence-electron chi connectivity index (χ4n) is 2.87. The molecule has 2 heterocycles. The van der Waals surface area contributed by atoms with Gasteiger partial charge in [-0.15, -0.1) is 0 Å². The highest BCUT2D eigenvalue weighted by molar-refractivity contribution is 5.94. The van der Waals surface area contributed by atoms with Gasteiger partial charge >= 0.3 is 5.97 Å². The van der Waals surface area contributed by atoms with Crippen LogP contribution in [-0.2, 0) is 25.6 Å². The standard InChI is InChI=1S/C17H26N6O6/c1-9(14(25)22-12(17(28)29)5-10-6-18-8-20-10)21-16(27)13(7-24)23-15(26)11-3-2-4-19-11/h6,8-9,11-13,19,24H,2-5,7H2,1H3,(H,18,20)(H,21,27)(H,22,25)(H,23,26)(H,28,29). The quantitative estimate of drug-likeness (QED) is 0.216. The van der Waals surface area contributed by atoms with Gasteiger partial charge in [0.1, 0.15) is 18.1 Å². The predicted octanol–water partition coefficient (Wildman–Crippen LogP) is -2.74. The van der Waals surface area contributed by atoms with Gasteiger partial charge in [-0.05, 0) is 26.3 Å². The number of amides is 3. The SMILES string of the molecule is CC(NC(=O)C(CO)NC(=O)C1CCCN1)C(=O)NC(Cc1cnc[nH]1)C(=O)O. The number of hydrogen-bond donors (Lipinski definition) is 7. The Balaban J connectivity index is 1.87. The normalized spacial score (nSPS) is 19.0. The Morgan fingerprint density at radius 1 is 1.21 bits per heavy atom. The molecule has 1 aliphatic rings. The van der Waals surface area contributed by atoms with Crippen molar-refractivity contribution in [2.24, 2.45) is 0 Å². The van der Waals surface area contributed by atoms with Crippen LogP contribution in [-0.4, -0.2) is 81.2 Å². The molecular formula is C17H26N6O6. The average molecular weight is 410 g/mol. The monoisotopic (exact) mass is 410 g/mol. The number of imidazole rings is 1. The number of carboxylic acids is 1. The molecule has 160 valence electrons. The lowest BCUT2D eigenvalue weighted by molar-refractivity contribution is -0.142. The summed E-state index contributed by atoms with van der Waals surface area (Å²) >= 11 is 0. The second-order valence-electron chi connectivity index (χ2n) is 6.80. The molecule has 0 aromatic carbocycles. The van der Waals surface area contributed by atoms with Crippen molar-refractivity contribution in [2.75, 3.05) is 13.2 Å². The summed E-state index contributed by atoms with van der Waals surface area (Å²) in [6.07, 6.45) is 4.31. The topological polar surface area (TPSA) is 186 Å². The fourth-order valence-corrected chi connectivity index (χ4v) is 2.87. The van der Waals surface area contributed by atoms with Crippen molar-refractivity contribution in [3.8, 4) is 0 Å². The number of hydrogen-bond acceptors (Lipinski definition) is 7. The molecule has 1 aromatic rings. The first-order chi connectivity index (χ1) is 13.8. The molecular weight excluding hydrogens is 384 g/mol. The zero-order chi connectivity index (χ0) is 21.4. The summed E-state index contributed by atoms with van der Waals surface area (Å²) in [5.41, 5.74) is 0.526. The van der Waals surface area contributed by atoms with Gasteiger partial charge in [0.25, 0.3) is 0 Å². The van der Waals surface area contributed by atoms with Crippen molar-refractivity contribution < 1.29 is 29.4 Å². The zero-order valence-corrected chi connectivity index (χ0v) is 16.0. The number of aromatic nitrogens is 2. The minimum absolute atomic E-state index is 0.00848. The highest BCUT2D eigenvalue weighted by Crippen LogP contribution is 2.05. The number of nitrogens with zero attached hydrogens (tertiary/aromatic N) is 1. The number of aromatic amines is 1. The molecule has 1 fully saturated rings. The summed E-state index contributed by atoms with van der Waals surface area (Å²) in [4.78, 5) is 54.6. The van der Waals surface area contributed by atoms with Gasteiger partial charge in [-0.25, -0.2) is 9.78 Å². The first kappa shape index (κ1) is 22.3. The van der Waals surface area contributed by atoms with E-state index < -0.39 is 54.5 Å². The van der Waals surface area contributed by atoms with E-state index in [-0.39, 0.29) is 6.42 Å². The Morgan fingerprint density at radius 2 is 1.97 bits per heavy atom. The molecule has 12 heteroatoms. The van der Waals surface area contributed by atoms with Crippen molar-refractivity contribution >= 4 is 23.7 Å². The zero-order valence-electron chi connectivity index (χ0n) is 16.0. The number of carboxylic acid groups (broad SMARTS) is 1. The van der Waals surface area contributed by atoms with Crippen molar-refractivity contribution in [3.63, 3.8) is 0 Å².